The number of aromatic carboxylic acids is 1. The molecule has 0 amide bonds. The lowest BCUT2D eigenvalue weighted by Crippen LogP contribution is -2.00. The fourth-order valence-electron chi connectivity index (χ4n) is 0.845. The number of carboxylic acids is 1. The van der Waals surface area contributed by atoms with Gasteiger partial charge in [-0.15, -0.1) is 12.6 Å². The second kappa shape index (κ2) is 3.98. The third-order valence-electron chi connectivity index (χ3n) is 1.47. The van der Waals surface area contributed by atoms with Gasteiger partial charge in [0.15, 0.2) is 0 Å². The van der Waals surface area contributed by atoms with Crippen molar-refractivity contribution in [3.8, 4) is 6.07 Å². The maximum absolute atomic E-state index is 10.6. The van der Waals surface area contributed by atoms with Crippen LogP contribution in [-0.2, 0) is 0 Å². The molecule has 66 valence electrons. The van der Waals surface area contributed by atoms with Gasteiger partial charge in [0.25, 0.3) is 0 Å². The minimum Gasteiger partial charge on any atom is -0.478 e. The van der Waals surface area contributed by atoms with E-state index in [9.17, 15) is 4.79 Å². The van der Waals surface area contributed by atoms with E-state index in [1.165, 1.54) is 6.07 Å². The second-order valence-corrected chi connectivity index (χ2v) is 3.84. The van der Waals surface area contributed by atoms with Gasteiger partial charge >= 0.3 is 5.97 Å². The highest BCUT2D eigenvalue weighted by Gasteiger charge is 2.13. The number of benzene rings is 1. The Morgan fingerprint density at radius 3 is 2.69 bits per heavy atom. The molecule has 5 heteroatoms. The molecule has 0 saturated carbocycles. The van der Waals surface area contributed by atoms with Crippen LogP contribution in [0, 0.1) is 14.9 Å². The van der Waals surface area contributed by atoms with E-state index < -0.39 is 5.97 Å². The van der Waals surface area contributed by atoms with Crippen LogP contribution in [0.5, 0.6) is 0 Å². The van der Waals surface area contributed by atoms with Crippen LogP contribution in [0.2, 0.25) is 0 Å². The molecule has 1 rings (SSSR count). The van der Waals surface area contributed by atoms with Crippen molar-refractivity contribution >= 4 is 41.2 Å². The molecule has 0 heterocycles. The summed E-state index contributed by atoms with van der Waals surface area (Å²) in [5.74, 6) is -1.07. The lowest BCUT2D eigenvalue weighted by Gasteiger charge is -2.02. The first kappa shape index (κ1) is 10.3. The van der Waals surface area contributed by atoms with Crippen molar-refractivity contribution in [1.29, 1.82) is 5.26 Å². The first-order chi connectivity index (χ1) is 6.07. The van der Waals surface area contributed by atoms with Crippen LogP contribution in [-0.4, -0.2) is 11.1 Å². The van der Waals surface area contributed by atoms with Crippen molar-refractivity contribution < 1.29 is 9.90 Å². The quantitative estimate of drug-likeness (QED) is 0.617. The Labute approximate surface area is 93.9 Å². The Bertz CT molecular complexity index is 411. The molecular formula is C8H4INO2S. The van der Waals surface area contributed by atoms with Gasteiger partial charge in [0.1, 0.15) is 6.07 Å². The van der Waals surface area contributed by atoms with Crippen LogP contribution < -0.4 is 0 Å². The van der Waals surface area contributed by atoms with Crippen LogP contribution in [0.15, 0.2) is 17.0 Å². The summed E-state index contributed by atoms with van der Waals surface area (Å²) in [5.41, 5.74) is 0.365. The summed E-state index contributed by atoms with van der Waals surface area (Å²) < 4.78 is 0.704. The average Bonchev–Trinajstić information content (AvgIpc) is 2.04. The maximum atomic E-state index is 10.6. The molecule has 0 spiro atoms. The molecule has 0 aliphatic heterocycles. The first-order valence-corrected chi connectivity index (χ1v) is 4.75. The van der Waals surface area contributed by atoms with Crippen molar-refractivity contribution in [3.05, 3.63) is 26.8 Å². The summed E-state index contributed by atoms with van der Waals surface area (Å²) >= 11 is 5.95. The van der Waals surface area contributed by atoms with Crippen molar-refractivity contribution in [2.75, 3.05) is 0 Å². The minimum absolute atomic E-state index is 0.0558. The monoisotopic (exact) mass is 305 g/mol. The molecular weight excluding hydrogens is 301 g/mol. The number of thiol groups is 1. The van der Waals surface area contributed by atoms with Gasteiger partial charge in [-0.05, 0) is 34.7 Å². The van der Waals surface area contributed by atoms with Crippen LogP contribution in [0.1, 0.15) is 15.9 Å². The molecule has 0 radical (unpaired) electrons. The van der Waals surface area contributed by atoms with Gasteiger partial charge in [-0.25, -0.2) is 4.79 Å². The summed E-state index contributed by atoms with van der Waals surface area (Å²) in [5, 5.41) is 17.4. The first-order valence-electron chi connectivity index (χ1n) is 3.22. The number of hydrogen-bond acceptors (Lipinski definition) is 3. The molecule has 0 aliphatic carbocycles. The molecule has 0 saturated heterocycles. The predicted octanol–water partition coefficient (Wildman–Crippen LogP) is 2.15. The average molecular weight is 305 g/mol. The Balaban J connectivity index is 3.47. The van der Waals surface area contributed by atoms with Gasteiger partial charge in [0.2, 0.25) is 0 Å². The van der Waals surface area contributed by atoms with E-state index in [0.29, 0.717) is 9.13 Å². The molecule has 1 aromatic rings. The van der Waals surface area contributed by atoms with E-state index >= 15 is 0 Å². The number of carboxylic acid groups (broad SMARTS) is 1. The van der Waals surface area contributed by atoms with Crippen LogP contribution in [0.3, 0.4) is 0 Å². The summed E-state index contributed by atoms with van der Waals surface area (Å²) in [6, 6.07) is 4.93. The van der Waals surface area contributed by atoms with E-state index in [0.717, 1.165) is 0 Å². The molecule has 1 aromatic carbocycles. The zero-order chi connectivity index (χ0) is 10.0. The Morgan fingerprint density at radius 2 is 2.23 bits per heavy atom. The highest BCUT2D eigenvalue weighted by atomic mass is 127. The van der Waals surface area contributed by atoms with Crippen LogP contribution in [0.4, 0.5) is 0 Å². The van der Waals surface area contributed by atoms with E-state index in [1.807, 2.05) is 28.7 Å². The smallest absolute Gasteiger partial charge is 0.336 e. The van der Waals surface area contributed by atoms with Gasteiger partial charge < -0.3 is 5.11 Å². The molecule has 3 nitrogen and oxygen atoms in total. The van der Waals surface area contributed by atoms with Crippen molar-refractivity contribution in [1.82, 2.24) is 0 Å². The van der Waals surface area contributed by atoms with Gasteiger partial charge in [-0.1, -0.05) is 0 Å². The highest BCUT2D eigenvalue weighted by molar-refractivity contribution is 14.1. The number of hydrogen-bond donors (Lipinski definition) is 2. The molecule has 0 unspecified atom stereocenters. The topological polar surface area (TPSA) is 61.1 Å². The van der Waals surface area contributed by atoms with Gasteiger partial charge in [0.05, 0.1) is 11.1 Å². The SMILES string of the molecule is N#Cc1c(I)ccc(C(=O)O)c1S. The molecule has 0 bridgehead atoms. The number of nitrogens with zero attached hydrogens (tertiary/aromatic N) is 1. The number of rotatable bonds is 1. The summed E-state index contributed by atoms with van der Waals surface area (Å²) in [6.45, 7) is 0. The Hall–Kier alpha value is -0.740. The maximum Gasteiger partial charge on any atom is 0.336 e. The lowest BCUT2D eigenvalue weighted by molar-refractivity contribution is 0.0693. The molecule has 1 N–H and O–H groups in total. The van der Waals surface area contributed by atoms with Gasteiger partial charge in [-0.2, -0.15) is 5.26 Å². The zero-order valence-corrected chi connectivity index (χ0v) is 9.33. The van der Waals surface area contributed by atoms with E-state index in [4.69, 9.17) is 10.4 Å². The summed E-state index contributed by atoms with van der Waals surface area (Å²) in [4.78, 5) is 10.9. The fourth-order valence-corrected chi connectivity index (χ4v) is 1.97. The summed E-state index contributed by atoms with van der Waals surface area (Å²) in [7, 11) is 0. The zero-order valence-electron chi connectivity index (χ0n) is 6.28. The third kappa shape index (κ3) is 1.95. The number of halogens is 1. The highest BCUT2D eigenvalue weighted by Crippen LogP contribution is 2.23. The second-order valence-electron chi connectivity index (χ2n) is 2.24. The molecule has 0 aromatic heterocycles. The molecule has 0 aliphatic rings. The van der Waals surface area contributed by atoms with E-state index in [2.05, 4.69) is 12.6 Å². The van der Waals surface area contributed by atoms with Gasteiger partial charge in [-0.3, -0.25) is 0 Å². The number of carbonyl (C=O) groups is 1. The van der Waals surface area contributed by atoms with Crippen LogP contribution in [0.25, 0.3) is 0 Å². The van der Waals surface area contributed by atoms with Gasteiger partial charge in [0, 0.05) is 8.47 Å². The number of nitriles is 1. The summed E-state index contributed by atoms with van der Waals surface area (Å²) in [6.07, 6.45) is 0. The Morgan fingerprint density at radius 1 is 1.62 bits per heavy atom. The van der Waals surface area contributed by atoms with Crippen molar-refractivity contribution in [3.63, 3.8) is 0 Å². The minimum atomic E-state index is -1.07. The van der Waals surface area contributed by atoms with E-state index in [-0.39, 0.29) is 10.5 Å². The van der Waals surface area contributed by atoms with Crippen LogP contribution >= 0.6 is 35.2 Å². The molecule has 0 fully saturated rings. The fraction of sp³-hybridized carbons (Fsp3) is 0. The van der Waals surface area contributed by atoms with Crippen molar-refractivity contribution in [2.24, 2.45) is 0 Å². The predicted molar refractivity (Wildman–Crippen MR) is 58.1 cm³/mol. The van der Waals surface area contributed by atoms with Crippen molar-refractivity contribution in [2.45, 2.75) is 4.90 Å². The molecule has 0 atom stereocenters. The lowest BCUT2D eigenvalue weighted by atomic mass is 10.1. The van der Waals surface area contributed by atoms with E-state index in [1.54, 1.807) is 6.07 Å². The Kier molecular flexibility index (Phi) is 3.17. The standard InChI is InChI=1S/C8H4INO2S/c9-6-2-1-4(8(11)12)7(13)5(6)3-10/h1-2,13H,(H,11,12). The third-order valence-corrected chi connectivity index (χ3v) is 2.83. The largest absolute Gasteiger partial charge is 0.478 e. The normalized spacial score (nSPS) is 9.31. The molecule has 13 heavy (non-hydrogen) atoms.